The highest BCUT2D eigenvalue weighted by atomic mass is 16.5. The Kier molecular flexibility index (Phi) is 6.91. The lowest BCUT2D eigenvalue weighted by Gasteiger charge is -2.26. The standard InChI is InChI=1S/C21H32N4O3/c1-22(2)18-7-4-6-17(16-18)20(26)24-10-5-9-23(12-13-24)19-8-11-25(21(19)27)14-15-28-3/h4,6-7,16,19H,5,8-15H2,1-3H3. The molecule has 0 radical (unpaired) electrons. The molecule has 154 valence electrons. The van der Waals surface area contributed by atoms with Crippen LogP contribution in [0.25, 0.3) is 0 Å². The van der Waals surface area contributed by atoms with E-state index in [9.17, 15) is 9.59 Å². The van der Waals surface area contributed by atoms with E-state index in [0.29, 0.717) is 19.7 Å². The number of hydrogen-bond donors (Lipinski definition) is 0. The number of nitrogens with zero attached hydrogens (tertiary/aromatic N) is 4. The van der Waals surface area contributed by atoms with Gasteiger partial charge in [0.15, 0.2) is 0 Å². The quantitative estimate of drug-likeness (QED) is 0.732. The molecule has 1 aromatic carbocycles. The van der Waals surface area contributed by atoms with E-state index in [-0.39, 0.29) is 17.9 Å². The van der Waals surface area contributed by atoms with Crippen molar-refractivity contribution in [2.24, 2.45) is 0 Å². The molecule has 2 heterocycles. The minimum Gasteiger partial charge on any atom is -0.383 e. The average molecular weight is 389 g/mol. The fourth-order valence-electron chi connectivity index (χ4n) is 4.04. The summed E-state index contributed by atoms with van der Waals surface area (Å²) in [5.41, 5.74) is 1.75. The molecular weight excluding hydrogens is 356 g/mol. The van der Waals surface area contributed by atoms with Crippen molar-refractivity contribution in [3.05, 3.63) is 29.8 Å². The van der Waals surface area contributed by atoms with Gasteiger partial charge in [-0.15, -0.1) is 0 Å². The summed E-state index contributed by atoms with van der Waals surface area (Å²) < 4.78 is 5.10. The number of hydrogen-bond acceptors (Lipinski definition) is 5. The maximum atomic E-state index is 13.0. The lowest BCUT2D eigenvalue weighted by Crippen LogP contribution is -2.44. The monoisotopic (exact) mass is 388 g/mol. The van der Waals surface area contributed by atoms with E-state index in [0.717, 1.165) is 50.3 Å². The maximum absolute atomic E-state index is 13.0. The summed E-state index contributed by atoms with van der Waals surface area (Å²) in [6.07, 6.45) is 1.75. The summed E-state index contributed by atoms with van der Waals surface area (Å²) in [6, 6.07) is 7.70. The summed E-state index contributed by atoms with van der Waals surface area (Å²) in [7, 11) is 5.61. The molecule has 2 saturated heterocycles. The van der Waals surface area contributed by atoms with Gasteiger partial charge < -0.3 is 19.4 Å². The highest BCUT2D eigenvalue weighted by Gasteiger charge is 2.36. The van der Waals surface area contributed by atoms with Crippen LogP contribution < -0.4 is 4.90 Å². The molecule has 7 nitrogen and oxygen atoms in total. The second-order valence-electron chi connectivity index (χ2n) is 7.75. The third kappa shape index (κ3) is 4.64. The highest BCUT2D eigenvalue weighted by Crippen LogP contribution is 2.20. The summed E-state index contributed by atoms with van der Waals surface area (Å²) in [5.74, 6) is 0.278. The molecule has 0 aliphatic carbocycles. The molecule has 2 fully saturated rings. The lowest BCUT2D eigenvalue weighted by atomic mass is 10.1. The number of carbonyl (C=O) groups is 2. The van der Waals surface area contributed by atoms with Crippen molar-refractivity contribution in [1.29, 1.82) is 0 Å². The minimum absolute atomic E-state index is 0.0519. The van der Waals surface area contributed by atoms with Gasteiger partial charge in [-0.1, -0.05) is 6.07 Å². The van der Waals surface area contributed by atoms with Crippen LogP contribution in [0.15, 0.2) is 24.3 Å². The van der Waals surface area contributed by atoms with Gasteiger partial charge in [0.1, 0.15) is 0 Å². The molecule has 1 aromatic rings. The molecule has 2 aliphatic rings. The molecule has 0 spiro atoms. The predicted molar refractivity (Wildman–Crippen MR) is 110 cm³/mol. The molecule has 7 heteroatoms. The Morgan fingerprint density at radius 2 is 2.00 bits per heavy atom. The number of benzene rings is 1. The fourth-order valence-corrected chi connectivity index (χ4v) is 4.04. The summed E-state index contributed by atoms with van der Waals surface area (Å²) >= 11 is 0. The predicted octanol–water partition coefficient (Wildman–Crippen LogP) is 1.15. The molecule has 1 atom stereocenters. The number of anilines is 1. The second-order valence-corrected chi connectivity index (χ2v) is 7.75. The Morgan fingerprint density at radius 1 is 1.18 bits per heavy atom. The molecule has 28 heavy (non-hydrogen) atoms. The number of amides is 2. The fraction of sp³-hybridized carbons (Fsp3) is 0.619. The number of carbonyl (C=O) groups excluding carboxylic acids is 2. The van der Waals surface area contributed by atoms with E-state index in [1.54, 1.807) is 7.11 Å². The van der Waals surface area contributed by atoms with Crippen LogP contribution in [0.3, 0.4) is 0 Å². The van der Waals surface area contributed by atoms with Crippen molar-refractivity contribution < 1.29 is 14.3 Å². The first-order chi connectivity index (χ1) is 13.5. The topological polar surface area (TPSA) is 56.3 Å². The van der Waals surface area contributed by atoms with Crippen molar-refractivity contribution in [2.75, 3.05) is 72.0 Å². The average Bonchev–Trinajstić information content (AvgIpc) is 2.91. The van der Waals surface area contributed by atoms with E-state index < -0.39 is 0 Å². The molecular formula is C21H32N4O3. The van der Waals surface area contributed by atoms with Crippen LogP contribution in [0.2, 0.25) is 0 Å². The number of rotatable bonds is 6. The van der Waals surface area contributed by atoms with Gasteiger partial charge in [0.2, 0.25) is 5.91 Å². The largest absolute Gasteiger partial charge is 0.383 e. The smallest absolute Gasteiger partial charge is 0.253 e. The van der Waals surface area contributed by atoms with E-state index >= 15 is 0 Å². The third-order valence-electron chi connectivity index (χ3n) is 5.70. The van der Waals surface area contributed by atoms with Crippen LogP contribution in [0, 0.1) is 0 Å². The molecule has 3 rings (SSSR count). The third-order valence-corrected chi connectivity index (χ3v) is 5.70. The van der Waals surface area contributed by atoms with Crippen LogP contribution in [-0.2, 0) is 9.53 Å². The number of ether oxygens (including phenoxy) is 1. The number of methoxy groups -OCH3 is 1. The second kappa shape index (κ2) is 9.39. The number of likely N-dealkylation sites (tertiary alicyclic amines) is 1. The zero-order chi connectivity index (χ0) is 20.1. The van der Waals surface area contributed by atoms with Crippen LogP contribution in [-0.4, -0.2) is 99.6 Å². The summed E-state index contributed by atoms with van der Waals surface area (Å²) in [4.78, 5) is 33.8. The van der Waals surface area contributed by atoms with Crippen molar-refractivity contribution in [3.8, 4) is 0 Å². The van der Waals surface area contributed by atoms with Gasteiger partial charge in [0, 0.05) is 71.7 Å². The van der Waals surface area contributed by atoms with Crippen molar-refractivity contribution >= 4 is 17.5 Å². The van der Waals surface area contributed by atoms with E-state index in [2.05, 4.69) is 4.90 Å². The Balaban J connectivity index is 1.60. The molecule has 2 aliphatic heterocycles. The van der Waals surface area contributed by atoms with E-state index in [1.165, 1.54) is 0 Å². The van der Waals surface area contributed by atoms with Crippen molar-refractivity contribution in [1.82, 2.24) is 14.7 Å². The Bertz CT molecular complexity index is 694. The normalized spacial score (nSPS) is 21.1. The highest BCUT2D eigenvalue weighted by molar-refractivity contribution is 5.95. The van der Waals surface area contributed by atoms with Gasteiger partial charge in [-0.3, -0.25) is 14.5 Å². The molecule has 2 amide bonds. The van der Waals surface area contributed by atoms with Crippen LogP contribution in [0.1, 0.15) is 23.2 Å². The van der Waals surface area contributed by atoms with Gasteiger partial charge in [-0.2, -0.15) is 0 Å². The van der Waals surface area contributed by atoms with Gasteiger partial charge in [0.25, 0.3) is 5.91 Å². The molecule has 0 N–H and O–H groups in total. The van der Waals surface area contributed by atoms with Crippen molar-refractivity contribution in [3.63, 3.8) is 0 Å². The van der Waals surface area contributed by atoms with Crippen LogP contribution >= 0.6 is 0 Å². The van der Waals surface area contributed by atoms with Gasteiger partial charge in [0.05, 0.1) is 12.6 Å². The van der Waals surface area contributed by atoms with E-state index in [4.69, 9.17) is 4.74 Å². The minimum atomic E-state index is -0.0519. The SMILES string of the molecule is COCCN1CCC(N2CCCN(C(=O)c3cccc(N(C)C)c3)CC2)C1=O. The van der Waals surface area contributed by atoms with Crippen LogP contribution in [0.4, 0.5) is 5.69 Å². The van der Waals surface area contributed by atoms with Crippen LogP contribution in [0.5, 0.6) is 0 Å². The molecule has 1 unspecified atom stereocenters. The van der Waals surface area contributed by atoms with Gasteiger partial charge in [-0.05, 0) is 31.0 Å². The first kappa shape index (κ1) is 20.6. The zero-order valence-corrected chi connectivity index (χ0v) is 17.3. The zero-order valence-electron chi connectivity index (χ0n) is 17.3. The van der Waals surface area contributed by atoms with E-state index in [1.807, 2.05) is 53.1 Å². The Hall–Kier alpha value is -2.12. The van der Waals surface area contributed by atoms with Gasteiger partial charge >= 0.3 is 0 Å². The Morgan fingerprint density at radius 3 is 2.75 bits per heavy atom. The molecule has 0 saturated carbocycles. The lowest BCUT2D eigenvalue weighted by molar-refractivity contribution is -0.132. The molecule has 0 bridgehead atoms. The summed E-state index contributed by atoms with van der Waals surface area (Å²) in [6.45, 7) is 5.02. The van der Waals surface area contributed by atoms with Crippen molar-refractivity contribution in [2.45, 2.75) is 18.9 Å². The molecule has 0 aromatic heterocycles. The first-order valence-electron chi connectivity index (χ1n) is 10.1. The first-order valence-corrected chi connectivity index (χ1v) is 10.1. The summed E-state index contributed by atoms with van der Waals surface area (Å²) in [5, 5.41) is 0. The maximum Gasteiger partial charge on any atom is 0.253 e. The Labute approximate surface area is 167 Å². The van der Waals surface area contributed by atoms with Gasteiger partial charge in [-0.25, -0.2) is 0 Å².